The van der Waals surface area contributed by atoms with Crippen LogP contribution in [0.4, 0.5) is 14.9 Å². The average Bonchev–Trinajstić information content (AvgIpc) is 3.07. The lowest BCUT2D eigenvalue weighted by Crippen LogP contribution is -2.52. The molecule has 2 aliphatic rings. The van der Waals surface area contributed by atoms with E-state index in [4.69, 9.17) is 16.3 Å². The Balaban J connectivity index is 1.66. The zero-order valence-corrected chi connectivity index (χ0v) is 18.2. The minimum Gasteiger partial charge on any atom is -0.496 e. The largest absolute Gasteiger partial charge is 0.496 e. The van der Waals surface area contributed by atoms with Crippen molar-refractivity contribution < 1.29 is 33.4 Å². The van der Waals surface area contributed by atoms with Gasteiger partial charge in [0.1, 0.15) is 17.6 Å². The highest BCUT2D eigenvalue weighted by Gasteiger charge is 2.40. The second kappa shape index (κ2) is 8.70. The van der Waals surface area contributed by atoms with Crippen molar-refractivity contribution in [2.24, 2.45) is 0 Å². The van der Waals surface area contributed by atoms with Gasteiger partial charge in [-0.3, -0.25) is 24.6 Å². The summed E-state index contributed by atoms with van der Waals surface area (Å²) in [5, 5.41) is 12.0. The van der Waals surface area contributed by atoms with Crippen LogP contribution in [0.1, 0.15) is 34.3 Å². The molecule has 1 unspecified atom stereocenters. The van der Waals surface area contributed by atoms with Crippen LogP contribution < -0.4 is 15.0 Å². The summed E-state index contributed by atoms with van der Waals surface area (Å²) in [4.78, 5) is 51.0. The molecule has 0 spiro atoms. The number of carbonyl (C=O) groups is 4. The van der Waals surface area contributed by atoms with Crippen LogP contribution in [0.5, 0.6) is 5.75 Å². The van der Waals surface area contributed by atoms with Crippen LogP contribution in [0.15, 0.2) is 30.3 Å². The molecule has 1 saturated heterocycles. The van der Waals surface area contributed by atoms with E-state index in [1.165, 1.54) is 24.1 Å². The van der Waals surface area contributed by atoms with E-state index in [1.54, 1.807) is 6.07 Å². The number of methoxy groups -OCH3 is 1. The highest BCUT2D eigenvalue weighted by molar-refractivity contribution is 6.30. The van der Waals surface area contributed by atoms with Crippen molar-refractivity contribution in [1.29, 1.82) is 0 Å². The van der Waals surface area contributed by atoms with Crippen LogP contribution in [-0.2, 0) is 22.7 Å². The highest BCUT2D eigenvalue weighted by atomic mass is 35.5. The number of fused-ring (bicyclic) bond motifs is 1. The number of rotatable bonds is 5. The van der Waals surface area contributed by atoms with Crippen molar-refractivity contribution in [3.05, 3.63) is 57.9 Å². The molecule has 0 bridgehead atoms. The van der Waals surface area contributed by atoms with Gasteiger partial charge < -0.3 is 14.7 Å². The molecular weight excluding hydrogens is 457 g/mol. The van der Waals surface area contributed by atoms with Crippen LogP contribution in [0.2, 0.25) is 5.02 Å². The molecule has 2 heterocycles. The fourth-order valence-electron chi connectivity index (χ4n) is 4.10. The van der Waals surface area contributed by atoms with Gasteiger partial charge in [0, 0.05) is 22.6 Å². The minimum atomic E-state index is -1.34. The van der Waals surface area contributed by atoms with E-state index >= 15 is 0 Å². The Hall–Kier alpha value is -3.66. The maximum atomic E-state index is 13.8. The number of imide groups is 1. The molecule has 1 atom stereocenters. The topological polar surface area (TPSA) is 116 Å². The lowest BCUT2D eigenvalue weighted by molar-refractivity contribution is -0.136. The van der Waals surface area contributed by atoms with Crippen molar-refractivity contribution in [2.45, 2.75) is 32.0 Å². The van der Waals surface area contributed by atoms with Crippen molar-refractivity contribution in [3.8, 4) is 5.75 Å². The Morgan fingerprint density at radius 3 is 2.67 bits per heavy atom. The van der Waals surface area contributed by atoms with Gasteiger partial charge >= 0.3 is 6.09 Å². The first-order chi connectivity index (χ1) is 15.7. The number of hydrogen-bond donors (Lipinski definition) is 2. The van der Waals surface area contributed by atoms with Gasteiger partial charge in [-0.15, -0.1) is 0 Å². The van der Waals surface area contributed by atoms with Crippen molar-refractivity contribution in [3.63, 3.8) is 0 Å². The molecule has 2 aliphatic heterocycles. The van der Waals surface area contributed by atoms with Crippen molar-refractivity contribution >= 4 is 41.1 Å². The molecule has 2 N–H and O–H groups in total. The summed E-state index contributed by atoms with van der Waals surface area (Å²) >= 11 is 5.87. The number of anilines is 1. The fourth-order valence-corrected chi connectivity index (χ4v) is 4.32. The standard InChI is InChI=1S/C22H19ClFN3O6/c1-33-18-5-11(9-26(22(31)32)14-7-12(23)6-13(24)8-14)4-15-16(18)10-27(21(15)30)17-2-3-19(28)25-20(17)29/h4-8,17H,2-3,9-10H2,1H3,(H,31,32)(H,25,28,29). The second-order valence-corrected chi connectivity index (χ2v) is 8.16. The summed E-state index contributed by atoms with van der Waals surface area (Å²) in [5.74, 6) is -1.67. The number of amides is 4. The van der Waals surface area contributed by atoms with Crippen LogP contribution in [-0.4, -0.2) is 47.0 Å². The molecule has 11 heteroatoms. The first-order valence-corrected chi connectivity index (χ1v) is 10.4. The van der Waals surface area contributed by atoms with Gasteiger partial charge in [-0.2, -0.15) is 0 Å². The van der Waals surface area contributed by atoms with E-state index < -0.39 is 29.8 Å². The molecule has 0 radical (unpaired) electrons. The van der Waals surface area contributed by atoms with Crippen LogP contribution in [0, 0.1) is 5.82 Å². The summed E-state index contributed by atoms with van der Waals surface area (Å²) in [6, 6.07) is 5.76. The Labute approximate surface area is 192 Å². The molecule has 33 heavy (non-hydrogen) atoms. The number of piperidine rings is 1. The Morgan fingerprint density at radius 2 is 2.03 bits per heavy atom. The first-order valence-electron chi connectivity index (χ1n) is 9.99. The summed E-state index contributed by atoms with van der Waals surface area (Å²) in [5.41, 5.74) is 1.29. The van der Waals surface area contributed by atoms with Gasteiger partial charge in [-0.25, -0.2) is 9.18 Å². The predicted molar refractivity (Wildman–Crippen MR) is 115 cm³/mol. The monoisotopic (exact) mass is 475 g/mol. The molecule has 9 nitrogen and oxygen atoms in total. The van der Waals surface area contributed by atoms with E-state index in [9.17, 15) is 28.7 Å². The molecule has 4 rings (SSSR count). The number of ether oxygens (including phenoxy) is 1. The number of benzene rings is 2. The summed E-state index contributed by atoms with van der Waals surface area (Å²) in [6.45, 7) is -0.0868. The molecule has 172 valence electrons. The molecule has 1 fully saturated rings. The number of hydrogen-bond acceptors (Lipinski definition) is 5. The van der Waals surface area contributed by atoms with Gasteiger partial charge in [0.15, 0.2) is 0 Å². The predicted octanol–water partition coefficient (Wildman–Crippen LogP) is 2.93. The maximum Gasteiger partial charge on any atom is 0.412 e. The molecule has 0 saturated carbocycles. The molecular formula is C22H19ClFN3O6. The van der Waals surface area contributed by atoms with Gasteiger partial charge in [0.25, 0.3) is 5.91 Å². The van der Waals surface area contributed by atoms with Crippen molar-refractivity contribution in [2.75, 3.05) is 12.0 Å². The minimum absolute atomic E-state index is 0.0310. The average molecular weight is 476 g/mol. The zero-order chi connectivity index (χ0) is 23.9. The van der Waals surface area contributed by atoms with E-state index in [2.05, 4.69) is 5.32 Å². The Bertz CT molecular complexity index is 1170. The Kier molecular flexibility index (Phi) is 5.94. The molecule has 0 aromatic heterocycles. The third kappa shape index (κ3) is 4.34. The molecule has 2 aromatic rings. The third-order valence-corrected chi connectivity index (χ3v) is 5.84. The maximum absolute atomic E-state index is 13.8. The van der Waals surface area contributed by atoms with Gasteiger partial charge in [-0.1, -0.05) is 11.6 Å². The quantitative estimate of drug-likeness (QED) is 0.642. The van der Waals surface area contributed by atoms with E-state index in [0.29, 0.717) is 16.9 Å². The van der Waals surface area contributed by atoms with Crippen LogP contribution in [0.25, 0.3) is 0 Å². The number of nitrogens with zero attached hydrogens (tertiary/aromatic N) is 2. The normalized spacial score (nSPS) is 17.6. The first kappa shape index (κ1) is 22.5. The molecule has 4 amide bonds. The number of nitrogens with one attached hydrogen (secondary N) is 1. The number of carboxylic acid groups (broad SMARTS) is 1. The fraction of sp³-hybridized carbons (Fsp3) is 0.273. The lowest BCUT2D eigenvalue weighted by atomic mass is 10.0. The van der Waals surface area contributed by atoms with Gasteiger partial charge in [0.2, 0.25) is 11.8 Å². The highest BCUT2D eigenvalue weighted by Crippen LogP contribution is 2.35. The van der Waals surface area contributed by atoms with Crippen LogP contribution in [0.3, 0.4) is 0 Å². The number of halogens is 2. The van der Waals surface area contributed by atoms with Crippen LogP contribution >= 0.6 is 11.6 Å². The van der Waals surface area contributed by atoms with Crippen molar-refractivity contribution in [1.82, 2.24) is 10.2 Å². The zero-order valence-electron chi connectivity index (χ0n) is 17.4. The summed E-state index contributed by atoms with van der Waals surface area (Å²) in [6.07, 6.45) is -0.998. The summed E-state index contributed by atoms with van der Waals surface area (Å²) in [7, 11) is 1.42. The van der Waals surface area contributed by atoms with E-state index in [1.807, 2.05) is 0 Å². The SMILES string of the molecule is COc1cc(CN(C(=O)O)c2cc(F)cc(Cl)c2)cc2c1CN(C1CCC(=O)NC1=O)C2=O. The van der Waals surface area contributed by atoms with Gasteiger partial charge in [-0.05, 0) is 42.3 Å². The third-order valence-electron chi connectivity index (χ3n) is 5.63. The Morgan fingerprint density at radius 1 is 1.27 bits per heavy atom. The lowest BCUT2D eigenvalue weighted by Gasteiger charge is -2.29. The smallest absolute Gasteiger partial charge is 0.412 e. The summed E-state index contributed by atoms with van der Waals surface area (Å²) < 4.78 is 19.2. The van der Waals surface area contributed by atoms with E-state index in [0.717, 1.165) is 17.0 Å². The number of carbonyl (C=O) groups excluding carboxylic acids is 3. The van der Waals surface area contributed by atoms with Gasteiger partial charge in [0.05, 0.1) is 25.9 Å². The second-order valence-electron chi connectivity index (χ2n) is 7.72. The molecule has 2 aromatic carbocycles. The molecule has 0 aliphatic carbocycles. The van der Waals surface area contributed by atoms with E-state index in [-0.39, 0.29) is 48.1 Å².